The Hall–Kier alpha value is -1.13. The van der Waals surface area contributed by atoms with Gasteiger partial charge in [0.15, 0.2) is 0 Å². The molecule has 5 heteroatoms. The van der Waals surface area contributed by atoms with E-state index in [4.69, 9.17) is 5.73 Å². The van der Waals surface area contributed by atoms with E-state index in [-0.39, 0.29) is 35.5 Å². The molecule has 2 atom stereocenters. The van der Waals surface area contributed by atoms with E-state index in [1.54, 1.807) is 12.1 Å². The molecule has 2 fully saturated rings. The summed E-state index contributed by atoms with van der Waals surface area (Å²) in [6.45, 7) is 1.20. The largest absolute Gasteiger partial charge is 0.355 e. The van der Waals surface area contributed by atoms with Gasteiger partial charge in [-0.15, -0.1) is 12.4 Å². The lowest BCUT2D eigenvalue weighted by Crippen LogP contribution is -2.39. The highest BCUT2D eigenvalue weighted by molar-refractivity contribution is 5.85. The molecule has 0 bridgehead atoms. The first-order valence-corrected chi connectivity index (χ1v) is 7.88. The molecule has 1 aromatic rings. The lowest BCUT2D eigenvalue weighted by molar-refractivity contribution is -0.126. The molecular formula is C17H24ClFN2O. The third-order valence-corrected chi connectivity index (χ3v) is 5.19. The maximum Gasteiger partial charge on any atom is 0.223 e. The molecular weight excluding hydrogens is 303 g/mol. The number of benzene rings is 1. The Morgan fingerprint density at radius 3 is 2.77 bits per heavy atom. The van der Waals surface area contributed by atoms with Gasteiger partial charge in [0.05, 0.1) is 0 Å². The third kappa shape index (κ3) is 3.44. The summed E-state index contributed by atoms with van der Waals surface area (Å²) in [6, 6.07) is 6.76. The SMILES string of the molecule is Cl.NC[C@H]1CCC[C@H]1C(=O)NCC1(c2cccc(F)c2)CC1. The molecule has 2 saturated carbocycles. The fraction of sp³-hybridized carbons (Fsp3) is 0.588. The Balaban J connectivity index is 0.00000176. The fourth-order valence-electron chi connectivity index (χ4n) is 3.59. The molecule has 0 aliphatic heterocycles. The van der Waals surface area contributed by atoms with Crippen LogP contribution in [0.4, 0.5) is 4.39 Å². The van der Waals surface area contributed by atoms with Crippen LogP contribution >= 0.6 is 12.4 Å². The average molecular weight is 327 g/mol. The second-order valence-corrected chi connectivity index (χ2v) is 6.54. The fourth-order valence-corrected chi connectivity index (χ4v) is 3.59. The summed E-state index contributed by atoms with van der Waals surface area (Å²) in [4.78, 5) is 12.3. The van der Waals surface area contributed by atoms with Crippen LogP contribution in [0, 0.1) is 17.7 Å². The molecule has 0 spiro atoms. The summed E-state index contributed by atoms with van der Waals surface area (Å²) in [5.41, 5.74) is 6.70. The van der Waals surface area contributed by atoms with Gasteiger partial charge in [-0.05, 0) is 55.8 Å². The Kier molecular flexibility index (Phi) is 5.45. The number of amides is 1. The van der Waals surface area contributed by atoms with Crippen LogP contribution in [0.15, 0.2) is 24.3 Å². The van der Waals surface area contributed by atoms with E-state index in [9.17, 15) is 9.18 Å². The summed E-state index contributed by atoms with van der Waals surface area (Å²) in [7, 11) is 0. The highest BCUT2D eigenvalue weighted by Gasteiger charge is 2.45. The van der Waals surface area contributed by atoms with Crippen LogP contribution < -0.4 is 11.1 Å². The minimum absolute atomic E-state index is 0. The topological polar surface area (TPSA) is 55.1 Å². The smallest absolute Gasteiger partial charge is 0.223 e. The number of nitrogens with two attached hydrogens (primary N) is 1. The van der Waals surface area contributed by atoms with Crippen molar-refractivity contribution >= 4 is 18.3 Å². The minimum Gasteiger partial charge on any atom is -0.355 e. The van der Waals surface area contributed by atoms with Crippen molar-refractivity contribution in [1.29, 1.82) is 0 Å². The molecule has 2 aliphatic carbocycles. The van der Waals surface area contributed by atoms with Gasteiger partial charge in [0.25, 0.3) is 0 Å². The molecule has 0 heterocycles. The van der Waals surface area contributed by atoms with Crippen LogP contribution in [-0.2, 0) is 10.2 Å². The number of halogens is 2. The zero-order valence-electron chi connectivity index (χ0n) is 12.7. The molecule has 1 amide bonds. The van der Waals surface area contributed by atoms with Crippen LogP contribution in [0.1, 0.15) is 37.7 Å². The number of carbonyl (C=O) groups excluding carboxylic acids is 1. The molecule has 122 valence electrons. The van der Waals surface area contributed by atoms with Crippen molar-refractivity contribution in [3.63, 3.8) is 0 Å². The standard InChI is InChI=1S/C17H23FN2O.ClH/c18-14-5-2-4-13(9-14)17(7-8-17)11-20-16(21)15-6-1-3-12(15)10-19;/h2,4-5,9,12,15H,1,3,6-8,10-11,19H2,(H,20,21);1H/t12-,15-;/m1./s1. The van der Waals surface area contributed by atoms with E-state index in [1.807, 2.05) is 6.07 Å². The van der Waals surface area contributed by atoms with Gasteiger partial charge in [-0.25, -0.2) is 4.39 Å². The Morgan fingerprint density at radius 1 is 1.36 bits per heavy atom. The van der Waals surface area contributed by atoms with Crippen molar-refractivity contribution in [1.82, 2.24) is 5.32 Å². The van der Waals surface area contributed by atoms with Crippen LogP contribution in [0.5, 0.6) is 0 Å². The van der Waals surface area contributed by atoms with Crippen molar-refractivity contribution in [2.45, 2.75) is 37.5 Å². The zero-order valence-corrected chi connectivity index (χ0v) is 13.5. The first kappa shape index (κ1) is 17.2. The van der Waals surface area contributed by atoms with Crippen molar-refractivity contribution in [3.8, 4) is 0 Å². The van der Waals surface area contributed by atoms with E-state index in [0.29, 0.717) is 19.0 Å². The second kappa shape index (κ2) is 6.97. The average Bonchev–Trinajstić information content (AvgIpc) is 3.13. The molecule has 3 rings (SSSR count). The summed E-state index contributed by atoms with van der Waals surface area (Å²) >= 11 is 0. The molecule has 22 heavy (non-hydrogen) atoms. The van der Waals surface area contributed by atoms with Crippen molar-refractivity contribution in [3.05, 3.63) is 35.6 Å². The zero-order chi connectivity index (χ0) is 14.9. The molecule has 0 unspecified atom stereocenters. The highest BCUT2D eigenvalue weighted by Crippen LogP contribution is 2.47. The molecule has 0 saturated heterocycles. The van der Waals surface area contributed by atoms with Crippen molar-refractivity contribution in [2.24, 2.45) is 17.6 Å². The molecule has 3 nitrogen and oxygen atoms in total. The monoisotopic (exact) mass is 326 g/mol. The first-order chi connectivity index (χ1) is 10.1. The number of rotatable bonds is 5. The number of nitrogens with one attached hydrogen (secondary N) is 1. The van der Waals surface area contributed by atoms with Gasteiger partial charge in [-0.1, -0.05) is 18.6 Å². The molecule has 0 radical (unpaired) electrons. The predicted molar refractivity (Wildman–Crippen MR) is 87.5 cm³/mol. The maximum atomic E-state index is 13.4. The van der Waals surface area contributed by atoms with Crippen molar-refractivity contribution < 1.29 is 9.18 Å². The van der Waals surface area contributed by atoms with E-state index in [1.165, 1.54) is 6.07 Å². The van der Waals surface area contributed by atoms with Gasteiger partial charge in [0.1, 0.15) is 5.82 Å². The lowest BCUT2D eigenvalue weighted by Gasteiger charge is -2.21. The summed E-state index contributed by atoms with van der Waals surface area (Å²) < 4.78 is 13.4. The van der Waals surface area contributed by atoms with Crippen LogP contribution in [-0.4, -0.2) is 19.0 Å². The quantitative estimate of drug-likeness (QED) is 0.874. The van der Waals surface area contributed by atoms with Gasteiger partial charge >= 0.3 is 0 Å². The molecule has 2 aliphatic rings. The maximum absolute atomic E-state index is 13.4. The minimum atomic E-state index is -0.205. The van der Waals surface area contributed by atoms with Gasteiger partial charge in [0.2, 0.25) is 5.91 Å². The van der Waals surface area contributed by atoms with Gasteiger partial charge in [0, 0.05) is 17.9 Å². The Labute approximate surface area is 137 Å². The number of carbonyl (C=O) groups is 1. The number of hydrogen-bond donors (Lipinski definition) is 2. The normalized spacial score (nSPS) is 25.4. The van der Waals surface area contributed by atoms with Crippen molar-refractivity contribution in [2.75, 3.05) is 13.1 Å². The summed E-state index contributed by atoms with van der Waals surface area (Å²) in [5.74, 6) is 0.322. The van der Waals surface area contributed by atoms with E-state index in [2.05, 4.69) is 5.32 Å². The molecule has 3 N–H and O–H groups in total. The lowest BCUT2D eigenvalue weighted by atomic mass is 9.93. The second-order valence-electron chi connectivity index (χ2n) is 6.54. The Bertz CT molecular complexity index is 533. The van der Waals surface area contributed by atoms with Crippen LogP contribution in [0.2, 0.25) is 0 Å². The molecule has 1 aromatic carbocycles. The first-order valence-electron chi connectivity index (χ1n) is 7.88. The van der Waals surface area contributed by atoms with E-state index in [0.717, 1.165) is 37.7 Å². The molecule has 0 aromatic heterocycles. The van der Waals surface area contributed by atoms with Gasteiger partial charge in [-0.3, -0.25) is 4.79 Å². The van der Waals surface area contributed by atoms with Gasteiger partial charge < -0.3 is 11.1 Å². The number of hydrogen-bond acceptors (Lipinski definition) is 2. The highest BCUT2D eigenvalue weighted by atomic mass is 35.5. The Morgan fingerprint density at radius 2 is 2.14 bits per heavy atom. The van der Waals surface area contributed by atoms with E-state index < -0.39 is 0 Å². The third-order valence-electron chi connectivity index (χ3n) is 5.19. The van der Waals surface area contributed by atoms with Crippen LogP contribution in [0.3, 0.4) is 0 Å². The summed E-state index contributed by atoms with van der Waals surface area (Å²) in [5, 5.41) is 3.09. The predicted octanol–water partition coefficient (Wildman–Crippen LogP) is 2.77. The van der Waals surface area contributed by atoms with Gasteiger partial charge in [-0.2, -0.15) is 0 Å². The summed E-state index contributed by atoms with van der Waals surface area (Å²) in [6.07, 6.45) is 5.13. The van der Waals surface area contributed by atoms with E-state index >= 15 is 0 Å². The van der Waals surface area contributed by atoms with Crippen LogP contribution in [0.25, 0.3) is 0 Å².